The minimum absolute atomic E-state index is 0.576. The fraction of sp³-hybridized carbons (Fsp3) is 0.143. The smallest absolute Gasteiger partial charge is 0.0541 e. The Bertz CT molecular complexity index is 2840. The summed E-state index contributed by atoms with van der Waals surface area (Å²) in [6, 6.07) is 92.0. The van der Waals surface area contributed by atoms with Crippen molar-refractivity contribution in [3.63, 3.8) is 0 Å². The molecule has 336 valence electrons. The van der Waals surface area contributed by atoms with Crippen molar-refractivity contribution in [2.45, 2.75) is 101 Å². The van der Waals surface area contributed by atoms with E-state index in [-0.39, 0.29) is 0 Å². The summed E-state index contributed by atoms with van der Waals surface area (Å²) in [5, 5.41) is 4.24. The van der Waals surface area contributed by atoms with Crippen LogP contribution >= 0.6 is 30.1 Å². The maximum absolute atomic E-state index is 2.56. The Labute approximate surface area is 403 Å². The Balaban J connectivity index is 1.32. The number of hydrogen-bond acceptors (Lipinski definition) is 0. The van der Waals surface area contributed by atoms with E-state index in [2.05, 4.69) is 289 Å². The number of nitrogens with zero attached hydrogens (tertiary/aromatic N) is 1. The van der Waals surface area contributed by atoms with Gasteiger partial charge in [0, 0.05) is 55.6 Å². The predicted octanol–water partition coefficient (Wildman–Crippen LogP) is 18.9. The Morgan fingerprint density at radius 2 is 0.522 bits per heavy atom. The highest BCUT2D eigenvalue weighted by Gasteiger charge is 2.38. The average molecular weight is 928 g/mol. The second-order valence-electron chi connectivity index (χ2n) is 18.2. The van der Waals surface area contributed by atoms with E-state index in [9.17, 15) is 0 Å². The summed E-state index contributed by atoms with van der Waals surface area (Å²) in [5.41, 5.74) is 3.61. The summed E-state index contributed by atoms with van der Waals surface area (Å²) in [5.74, 6) is 0. The van der Waals surface area contributed by atoms with Crippen molar-refractivity contribution in [2.75, 3.05) is 0 Å². The van der Waals surface area contributed by atoms with Crippen molar-refractivity contribution in [3.05, 3.63) is 243 Å². The van der Waals surface area contributed by atoms with E-state index < -0.39 is 30.1 Å². The highest BCUT2D eigenvalue weighted by molar-refractivity contribution is 8.35. The molecule has 0 aliphatic heterocycles. The van der Waals surface area contributed by atoms with Gasteiger partial charge in [-0.25, -0.2) is 10.0 Å². The molecule has 10 rings (SSSR count). The van der Waals surface area contributed by atoms with E-state index in [0.717, 1.165) is 0 Å². The van der Waals surface area contributed by atoms with Crippen molar-refractivity contribution in [2.24, 2.45) is 0 Å². The summed E-state index contributed by atoms with van der Waals surface area (Å²) in [4.78, 5) is 12.0. The second-order valence-corrected chi connectivity index (χ2v) is 29.2. The maximum atomic E-state index is 2.56. The third-order valence-corrected chi connectivity index (χ3v) is 27.4. The summed E-state index contributed by atoms with van der Waals surface area (Å²) in [6.07, 6.45) is 0. The van der Waals surface area contributed by atoms with E-state index in [1.807, 2.05) is 0 Å². The van der Waals surface area contributed by atoms with Gasteiger partial charge in [0.2, 0.25) is 0 Å². The minimum atomic E-state index is -1.94. The lowest BCUT2D eigenvalue weighted by Gasteiger charge is -2.51. The van der Waals surface area contributed by atoms with Crippen LogP contribution in [-0.4, -0.2) is 20.3 Å². The van der Waals surface area contributed by atoms with Crippen LogP contribution in [0, 0.1) is 0 Å². The first-order chi connectivity index (χ1) is 32.7. The topological polar surface area (TPSA) is 4.93 Å². The quantitative estimate of drug-likeness (QED) is 0.109. The first kappa shape index (κ1) is 44.7. The molecule has 0 fully saturated rings. The zero-order valence-corrected chi connectivity index (χ0v) is 41.9. The zero-order chi connectivity index (χ0) is 46.2. The van der Waals surface area contributed by atoms with Crippen molar-refractivity contribution >= 4 is 51.9 Å². The van der Waals surface area contributed by atoms with Gasteiger partial charge in [0.15, 0.2) is 0 Å². The van der Waals surface area contributed by atoms with Crippen LogP contribution < -0.4 is 0 Å². The van der Waals surface area contributed by atoms with Gasteiger partial charge in [0.1, 0.15) is 0 Å². The number of rotatable bonds is 13. The molecular weight excluding hydrogens is 867 g/mol. The molecule has 4 heteroatoms. The molecule has 0 unspecified atom stereocenters. The van der Waals surface area contributed by atoms with Crippen LogP contribution in [0.2, 0.25) is 0 Å². The summed E-state index contributed by atoms with van der Waals surface area (Å²) >= 11 is 0. The highest BCUT2D eigenvalue weighted by Crippen LogP contribution is 2.75. The molecule has 10 aromatic rings. The van der Waals surface area contributed by atoms with Crippen LogP contribution in [0.25, 0.3) is 27.5 Å². The van der Waals surface area contributed by atoms with Crippen LogP contribution in [0.3, 0.4) is 0 Å². The van der Waals surface area contributed by atoms with Crippen LogP contribution in [-0.2, 0) is 0 Å². The van der Waals surface area contributed by atoms with Gasteiger partial charge in [-0.3, -0.25) is 0 Å². The van der Waals surface area contributed by atoms with Crippen molar-refractivity contribution < 1.29 is 0 Å². The molecule has 0 N–H and O–H groups in total. The Hall–Kier alpha value is -6.17. The SMILES string of the molecule is CC(C)S(c1ccc(-n2c3ccc(S(c4ccccc4)(c4ccccc4)c4ccccc4)cc3c3cc(S(c4ccccc4)(c4ccccc4)c4ccccc4)ccc32)cc1)(C(C)C)C(C)C. The van der Waals surface area contributed by atoms with Crippen LogP contribution in [0.15, 0.2) is 287 Å². The molecule has 1 nitrogen and oxygen atoms in total. The highest BCUT2D eigenvalue weighted by atomic mass is 32.3. The molecule has 0 saturated carbocycles. The van der Waals surface area contributed by atoms with Crippen LogP contribution in [0.1, 0.15) is 41.5 Å². The molecule has 0 radical (unpaired) electrons. The molecule has 0 saturated heterocycles. The predicted molar refractivity (Wildman–Crippen MR) is 292 cm³/mol. The number of aromatic nitrogens is 1. The Kier molecular flexibility index (Phi) is 12.3. The summed E-state index contributed by atoms with van der Waals surface area (Å²) in [7, 11) is -4.99. The van der Waals surface area contributed by atoms with Gasteiger partial charge >= 0.3 is 0 Å². The van der Waals surface area contributed by atoms with E-state index in [4.69, 9.17) is 0 Å². The van der Waals surface area contributed by atoms with Crippen molar-refractivity contribution in [1.29, 1.82) is 0 Å². The van der Waals surface area contributed by atoms with Gasteiger partial charge in [-0.1, -0.05) is 151 Å². The fourth-order valence-electron chi connectivity index (χ4n) is 11.3. The third-order valence-electron chi connectivity index (χ3n) is 13.8. The van der Waals surface area contributed by atoms with E-state index >= 15 is 0 Å². The molecule has 67 heavy (non-hydrogen) atoms. The molecular formula is C63H61NS3. The standard InChI is InChI=1S/C63H61NS3/c1-47(2)65(48(3)4,49(5)6)57-39-37-50(38-40-57)64-62-43-41-58(66(51-25-13-7-14-26-51,52-27-15-8-16-28-52)53-29-17-9-18-30-53)45-60(62)61-46-59(42-44-63(61)64)67(54-31-19-10-20-32-54,55-33-21-11-22-34-55)56-35-23-12-24-36-56/h7-49H,1-6H3. The molecule has 0 amide bonds. The van der Waals surface area contributed by atoms with Gasteiger partial charge in [-0.2, -0.15) is 0 Å². The van der Waals surface area contributed by atoms with Gasteiger partial charge in [-0.05, 0) is 154 Å². The average Bonchev–Trinajstić information content (AvgIpc) is 3.70. The molecule has 0 spiro atoms. The Morgan fingerprint density at radius 3 is 0.776 bits per heavy atom. The number of fused-ring (bicyclic) bond motifs is 3. The van der Waals surface area contributed by atoms with Gasteiger partial charge < -0.3 is 4.57 Å². The third kappa shape index (κ3) is 7.28. The molecule has 9 aromatic carbocycles. The summed E-state index contributed by atoms with van der Waals surface area (Å²) < 4.78 is 2.54. The van der Waals surface area contributed by atoms with Gasteiger partial charge in [0.25, 0.3) is 0 Å². The lowest BCUT2D eigenvalue weighted by molar-refractivity contribution is 0.934. The Morgan fingerprint density at radius 1 is 0.269 bits per heavy atom. The van der Waals surface area contributed by atoms with E-state index in [0.29, 0.717) is 15.7 Å². The molecule has 1 heterocycles. The van der Waals surface area contributed by atoms with E-state index in [1.54, 1.807) is 0 Å². The largest absolute Gasteiger partial charge is 0.309 e. The molecule has 0 atom stereocenters. The normalized spacial score (nSPS) is 13.1. The second kappa shape index (κ2) is 18.5. The molecule has 0 aliphatic carbocycles. The molecule has 0 aliphatic rings. The zero-order valence-electron chi connectivity index (χ0n) is 39.5. The van der Waals surface area contributed by atoms with Gasteiger partial charge in [-0.15, -0.1) is 20.1 Å². The lowest BCUT2D eigenvalue weighted by atomic mass is 10.1. The molecule has 1 aromatic heterocycles. The summed E-state index contributed by atoms with van der Waals surface area (Å²) in [6.45, 7) is 14.6. The monoisotopic (exact) mass is 927 g/mol. The number of hydrogen-bond donors (Lipinski definition) is 0. The first-order valence-electron chi connectivity index (χ1n) is 23.7. The van der Waals surface area contributed by atoms with Crippen molar-refractivity contribution in [1.82, 2.24) is 4.57 Å². The first-order valence-corrected chi connectivity index (χ1v) is 28.8. The van der Waals surface area contributed by atoms with Gasteiger partial charge in [0.05, 0.1) is 11.0 Å². The fourth-order valence-corrected chi connectivity index (χ4v) is 24.6. The van der Waals surface area contributed by atoms with Crippen LogP contribution in [0.5, 0.6) is 0 Å². The van der Waals surface area contributed by atoms with Crippen LogP contribution in [0.4, 0.5) is 0 Å². The minimum Gasteiger partial charge on any atom is -0.309 e. The lowest BCUT2D eigenvalue weighted by Crippen LogP contribution is -2.28. The maximum Gasteiger partial charge on any atom is 0.0541 e. The van der Waals surface area contributed by atoms with E-state index in [1.165, 1.54) is 71.6 Å². The molecule has 0 bridgehead atoms. The van der Waals surface area contributed by atoms with Crippen molar-refractivity contribution in [3.8, 4) is 5.69 Å². The number of benzene rings is 9.